The highest BCUT2D eigenvalue weighted by Gasteiger charge is 2.26. The normalized spacial score (nSPS) is 10.9. The Morgan fingerprint density at radius 3 is 1.20 bits per heavy atom. The van der Waals surface area contributed by atoms with Crippen molar-refractivity contribution in [1.82, 2.24) is 24.1 Å². The summed E-state index contributed by atoms with van der Waals surface area (Å²) in [5.74, 6) is 1.19. The molecule has 0 saturated carbocycles. The molecule has 7 aromatic carbocycles. The maximum absolute atomic E-state index is 10.8. The molecule has 0 unspecified atom stereocenters. The van der Waals surface area contributed by atoms with E-state index in [9.17, 15) is 15.8 Å². The molecular weight excluding hydrogens is 741 g/mol. The number of nitriles is 3. The number of hydrogen-bond acceptors (Lipinski definition) is 6. The Morgan fingerprint density at radius 1 is 0.417 bits per heavy atom. The number of nitrogens with zero attached hydrogens (tertiary/aromatic N) is 10. The lowest BCUT2D eigenvalue weighted by atomic mass is 10.0. The van der Waals surface area contributed by atoms with Gasteiger partial charge < -0.3 is 9.13 Å². The topological polar surface area (TPSA) is 129 Å². The molecule has 10 heteroatoms. The molecule has 3 aromatic heterocycles. The summed E-state index contributed by atoms with van der Waals surface area (Å²) in [5.41, 5.74) is 8.30. The molecule has 274 valence electrons. The van der Waals surface area contributed by atoms with Crippen molar-refractivity contribution in [3.63, 3.8) is 0 Å². The van der Waals surface area contributed by atoms with Crippen LogP contribution in [0, 0.1) is 47.1 Å². The molecule has 3 heterocycles. The summed E-state index contributed by atoms with van der Waals surface area (Å²) in [7, 11) is 0. The van der Waals surface area contributed by atoms with Crippen LogP contribution in [0.25, 0.3) is 98.8 Å². The van der Waals surface area contributed by atoms with Crippen LogP contribution in [0.1, 0.15) is 16.7 Å². The summed E-state index contributed by atoms with van der Waals surface area (Å²) in [4.78, 5) is 22.9. The summed E-state index contributed by atoms with van der Waals surface area (Å²) in [6, 6.07) is 51.7. The van der Waals surface area contributed by atoms with E-state index in [2.05, 4.69) is 27.9 Å². The van der Waals surface area contributed by atoms with Gasteiger partial charge in [-0.25, -0.2) is 24.6 Å². The van der Waals surface area contributed by atoms with Crippen molar-refractivity contribution in [2.24, 2.45) is 0 Å². The van der Waals surface area contributed by atoms with Crippen molar-refractivity contribution in [2.45, 2.75) is 0 Å². The Bertz CT molecular complexity index is 3290. The minimum atomic E-state index is 0.319. The number of fused-ring (bicyclic) bond motifs is 6. The van der Waals surface area contributed by atoms with Gasteiger partial charge in [-0.1, -0.05) is 72.8 Å². The Balaban J connectivity index is 1.43. The molecule has 0 aliphatic rings. The van der Waals surface area contributed by atoms with E-state index >= 15 is 0 Å². The highest BCUT2D eigenvalue weighted by Crippen LogP contribution is 2.44. The molecule has 10 rings (SSSR count). The first-order chi connectivity index (χ1) is 29.5. The molecule has 0 radical (unpaired) electrons. The zero-order chi connectivity index (χ0) is 40.9. The fourth-order valence-corrected chi connectivity index (χ4v) is 8.00. The summed E-state index contributed by atoms with van der Waals surface area (Å²) >= 11 is 0. The molecule has 0 fully saturated rings. The van der Waals surface area contributed by atoms with E-state index in [0.717, 1.165) is 54.7 Å². The van der Waals surface area contributed by atoms with Crippen molar-refractivity contribution in [3.05, 3.63) is 185 Å². The third-order valence-electron chi connectivity index (χ3n) is 10.6. The van der Waals surface area contributed by atoms with Crippen LogP contribution >= 0.6 is 0 Å². The van der Waals surface area contributed by atoms with Gasteiger partial charge in [-0.05, 0) is 83.6 Å². The van der Waals surface area contributed by atoms with E-state index in [0.29, 0.717) is 62.5 Å². The lowest BCUT2D eigenvalue weighted by Gasteiger charge is -2.20. The molecule has 0 N–H and O–H groups in total. The van der Waals surface area contributed by atoms with E-state index < -0.39 is 0 Å². The second-order valence-corrected chi connectivity index (χ2v) is 14.0. The van der Waals surface area contributed by atoms with Crippen LogP contribution < -0.4 is 0 Å². The van der Waals surface area contributed by atoms with E-state index in [1.807, 2.05) is 130 Å². The van der Waals surface area contributed by atoms with Gasteiger partial charge in [-0.15, -0.1) is 0 Å². The summed E-state index contributed by atoms with van der Waals surface area (Å²) < 4.78 is 4.07. The van der Waals surface area contributed by atoms with Gasteiger partial charge in [0.15, 0.2) is 28.8 Å². The van der Waals surface area contributed by atoms with Crippen LogP contribution in [0.2, 0.25) is 0 Å². The lowest BCUT2D eigenvalue weighted by Crippen LogP contribution is -2.08. The smallest absolute Gasteiger partial charge is 0.188 e. The Morgan fingerprint density at radius 2 is 0.800 bits per heavy atom. The van der Waals surface area contributed by atoms with Crippen LogP contribution in [0.4, 0.5) is 11.4 Å². The van der Waals surface area contributed by atoms with Crippen molar-refractivity contribution >= 4 is 55.0 Å². The van der Waals surface area contributed by atoms with Gasteiger partial charge in [0.2, 0.25) is 0 Å². The second kappa shape index (κ2) is 14.0. The average molecular weight is 765 g/mol. The van der Waals surface area contributed by atoms with E-state index in [4.69, 9.17) is 28.1 Å². The maximum atomic E-state index is 10.8. The number of benzene rings is 7. The molecule has 60 heavy (non-hydrogen) atoms. The predicted octanol–water partition coefficient (Wildman–Crippen LogP) is 11.8. The molecule has 0 aliphatic heterocycles. The Labute approximate surface area is 342 Å². The van der Waals surface area contributed by atoms with Gasteiger partial charge in [0, 0.05) is 21.9 Å². The summed E-state index contributed by atoms with van der Waals surface area (Å²) in [6.07, 6.45) is 0. The Hall–Kier alpha value is -9.40. The van der Waals surface area contributed by atoms with Crippen molar-refractivity contribution in [1.29, 1.82) is 15.8 Å². The monoisotopic (exact) mass is 764 g/mol. The first kappa shape index (κ1) is 35.0. The molecule has 0 spiro atoms. The molecule has 0 atom stereocenters. The van der Waals surface area contributed by atoms with E-state index in [1.165, 1.54) is 0 Å². The highest BCUT2D eigenvalue weighted by atomic mass is 15.1. The van der Waals surface area contributed by atoms with Crippen molar-refractivity contribution in [3.8, 4) is 63.7 Å². The van der Waals surface area contributed by atoms with Crippen LogP contribution in [0.5, 0.6) is 0 Å². The fourth-order valence-electron chi connectivity index (χ4n) is 8.00. The zero-order valence-corrected chi connectivity index (χ0v) is 31.3. The first-order valence-corrected chi connectivity index (χ1v) is 18.7. The molecule has 10 aromatic rings. The van der Waals surface area contributed by atoms with Crippen LogP contribution in [-0.2, 0) is 0 Å². The standard InChI is InChI=1S/C50H24N10/c1-54-35-15-19-43-39(25-35)40-26-36(55-2)16-20-44(40)60(43)46-24-32(29-53)23-45(59-41-17-13-30(27-51)21-37(41)38-22-31(28-52)14-18-42(38)59)47(46)50-57-48(33-9-5-3-6-10-33)56-49(58-50)34-11-7-4-8-12-34/h3-26H. The molecular formula is C50H24N10. The van der Waals surface area contributed by atoms with E-state index in [1.54, 1.807) is 24.3 Å². The highest BCUT2D eigenvalue weighted by molar-refractivity contribution is 6.13. The van der Waals surface area contributed by atoms with Gasteiger partial charge in [0.25, 0.3) is 0 Å². The minimum absolute atomic E-state index is 0.319. The molecule has 0 bridgehead atoms. The number of aromatic nitrogens is 5. The van der Waals surface area contributed by atoms with Gasteiger partial charge in [0.05, 0.1) is 87.0 Å². The molecule has 0 amide bonds. The SMILES string of the molecule is [C-]#[N+]c1ccc2c(c1)c1cc([N+]#[C-])ccc1n2-c1cc(C#N)cc(-n2c3ccc(C#N)cc3c3cc(C#N)ccc32)c1-c1nc(-c2ccccc2)nc(-c2ccccc2)n1. The molecule has 10 nitrogen and oxygen atoms in total. The first-order valence-electron chi connectivity index (χ1n) is 18.7. The van der Waals surface area contributed by atoms with Gasteiger partial charge >= 0.3 is 0 Å². The number of rotatable bonds is 5. The largest absolute Gasteiger partial charge is 0.309 e. The van der Waals surface area contributed by atoms with Gasteiger partial charge in [-0.2, -0.15) is 15.8 Å². The van der Waals surface area contributed by atoms with Crippen LogP contribution in [0.15, 0.2) is 146 Å². The van der Waals surface area contributed by atoms with Crippen LogP contribution in [0.3, 0.4) is 0 Å². The minimum Gasteiger partial charge on any atom is -0.309 e. The van der Waals surface area contributed by atoms with Crippen molar-refractivity contribution in [2.75, 3.05) is 0 Å². The lowest BCUT2D eigenvalue weighted by molar-refractivity contribution is 1.05. The summed E-state index contributed by atoms with van der Waals surface area (Å²) in [6.45, 7) is 15.6. The second-order valence-electron chi connectivity index (χ2n) is 14.0. The number of hydrogen-bond donors (Lipinski definition) is 0. The summed E-state index contributed by atoms with van der Waals surface area (Å²) in [5, 5.41) is 33.8. The molecule has 0 aliphatic carbocycles. The van der Waals surface area contributed by atoms with Crippen molar-refractivity contribution < 1.29 is 0 Å². The third kappa shape index (κ3) is 5.57. The maximum Gasteiger partial charge on any atom is 0.188 e. The van der Waals surface area contributed by atoms with Gasteiger partial charge in [0.1, 0.15) is 0 Å². The average Bonchev–Trinajstić information content (AvgIpc) is 3.82. The van der Waals surface area contributed by atoms with E-state index in [-0.39, 0.29) is 0 Å². The van der Waals surface area contributed by atoms with Gasteiger partial charge in [-0.3, -0.25) is 0 Å². The zero-order valence-electron chi connectivity index (χ0n) is 31.3. The van der Waals surface area contributed by atoms with Crippen LogP contribution in [-0.4, -0.2) is 24.1 Å². The predicted molar refractivity (Wildman–Crippen MR) is 231 cm³/mol. The Kier molecular flexibility index (Phi) is 8.16. The fraction of sp³-hybridized carbons (Fsp3) is 0. The third-order valence-corrected chi connectivity index (χ3v) is 10.6. The molecule has 0 saturated heterocycles. The quantitative estimate of drug-likeness (QED) is 0.160.